The average Bonchev–Trinajstić information content (AvgIpc) is 2.65. The van der Waals surface area contributed by atoms with Crippen molar-refractivity contribution in [1.29, 1.82) is 0 Å². The van der Waals surface area contributed by atoms with E-state index in [0.717, 1.165) is 18.7 Å². The molecule has 0 saturated carbocycles. The van der Waals surface area contributed by atoms with E-state index in [1.165, 1.54) is 32.7 Å². The number of hydrogen-bond acceptors (Lipinski definition) is 2. The van der Waals surface area contributed by atoms with Gasteiger partial charge in [-0.2, -0.15) is 0 Å². The van der Waals surface area contributed by atoms with Crippen molar-refractivity contribution in [1.82, 2.24) is 4.90 Å². The molecule has 0 fully saturated rings. The van der Waals surface area contributed by atoms with E-state index < -0.39 is 0 Å². The predicted octanol–water partition coefficient (Wildman–Crippen LogP) is 4.98. The van der Waals surface area contributed by atoms with Crippen LogP contribution >= 0.6 is 11.8 Å². The smallest absolute Gasteiger partial charge is 0.0238 e. The first-order chi connectivity index (χ1) is 10.6. The fraction of sp³-hybridized carbons (Fsp3) is 0.300. The summed E-state index contributed by atoms with van der Waals surface area (Å²) in [5.74, 6) is 1.05. The lowest BCUT2D eigenvalue weighted by Crippen LogP contribution is -2.12. The molecule has 0 saturated heterocycles. The number of rotatable bonds is 3. The number of nitrogens with zero attached hydrogens (tertiary/aromatic N) is 1. The summed E-state index contributed by atoms with van der Waals surface area (Å²) in [5.41, 5.74) is 6.97. The van der Waals surface area contributed by atoms with Crippen LogP contribution in [0.2, 0.25) is 0 Å². The van der Waals surface area contributed by atoms with Gasteiger partial charge in [0.15, 0.2) is 0 Å². The Morgan fingerprint density at radius 2 is 1.91 bits per heavy atom. The number of aryl methyl sites for hydroxylation is 1. The normalized spacial score (nSPS) is 15.5. The molecule has 22 heavy (non-hydrogen) atoms. The molecule has 0 aromatic heterocycles. The fourth-order valence-corrected chi connectivity index (χ4v) is 3.93. The molecule has 114 valence electrons. The van der Waals surface area contributed by atoms with Gasteiger partial charge < -0.3 is 4.90 Å². The van der Waals surface area contributed by atoms with E-state index in [1.54, 1.807) is 0 Å². The van der Waals surface area contributed by atoms with Gasteiger partial charge in [0.2, 0.25) is 0 Å². The SMILES string of the molecule is Cc1ccc2c(c1)C(=CCCN(C)C)c1ccccc1CS2. The molecule has 2 heteroatoms. The number of thioether (sulfide) groups is 1. The molecule has 0 atom stereocenters. The Bertz CT molecular complexity index is 701. The van der Waals surface area contributed by atoms with Gasteiger partial charge in [0.25, 0.3) is 0 Å². The van der Waals surface area contributed by atoms with Gasteiger partial charge in [-0.1, -0.05) is 48.0 Å². The highest BCUT2D eigenvalue weighted by atomic mass is 32.2. The van der Waals surface area contributed by atoms with E-state index in [2.05, 4.69) is 74.5 Å². The highest BCUT2D eigenvalue weighted by Gasteiger charge is 2.18. The minimum absolute atomic E-state index is 1.05. The molecule has 0 amide bonds. The van der Waals surface area contributed by atoms with E-state index in [0.29, 0.717) is 0 Å². The number of fused-ring (bicyclic) bond motifs is 2. The highest BCUT2D eigenvalue weighted by Crippen LogP contribution is 2.40. The van der Waals surface area contributed by atoms with Crippen LogP contribution in [0.25, 0.3) is 5.57 Å². The Balaban J connectivity index is 2.10. The molecule has 0 aliphatic carbocycles. The summed E-state index contributed by atoms with van der Waals surface area (Å²) in [6, 6.07) is 15.7. The summed E-state index contributed by atoms with van der Waals surface area (Å²) in [7, 11) is 4.26. The van der Waals surface area contributed by atoms with Gasteiger partial charge in [0.1, 0.15) is 0 Å². The van der Waals surface area contributed by atoms with Crippen molar-refractivity contribution in [3.63, 3.8) is 0 Å². The van der Waals surface area contributed by atoms with Gasteiger partial charge in [0.05, 0.1) is 0 Å². The van der Waals surface area contributed by atoms with Crippen LogP contribution in [0.3, 0.4) is 0 Å². The van der Waals surface area contributed by atoms with Crippen molar-refractivity contribution in [3.8, 4) is 0 Å². The molecule has 0 bridgehead atoms. The molecule has 1 aliphatic heterocycles. The van der Waals surface area contributed by atoms with E-state index in [9.17, 15) is 0 Å². The fourth-order valence-electron chi connectivity index (χ4n) is 2.88. The summed E-state index contributed by atoms with van der Waals surface area (Å²) in [5, 5.41) is 0. The summed E-state index contributed by atoms with van der Waals surface area (Å²) in [6.45, 7) is 3.26. The van der Waals surface area contributed by atoms with E-state index in [4.69, 9.17) is 0 Å². The first kappa shape index (κ1) is 15.4. The molecule has 2 aromatic rings. The Labute approximate surface area is 138 Å². The third kappa shape index (κ3) is 3.29. The summed E-state index contributed by atoms with van der Waals surface area (Å²) < 4.78 is 0. The number of hydrogen-bond donors (Lipinski definition) is 0. The minimum atomic E-state index is 1.05. The molecule has 3 rings (SSSR count). The Kier molecular flexibility index (Phi) is 4.70. The van der Waals surface area contributed by atoms with Gasteiger partial charge >= 0.3 is 0 Å². The molecule has 2 aromatic carbocycles. The van der Waals surface area contributed by atoms with Crippen molar-refractivity contribution in [2.75, 3.05) is 20.6 Å². The van der Waals surface area contributed by atoms with E-state index >= 15 is 0 Å². The molecule has 0 N–H and O–H groups in total. The monoisotopic (exact) mass is 309 g/mol. The Morgan fingerprint density at radius 3 is 2.73 bits per heavy atom. The van der Waals surface area contributed by atoms with Gasteiger partial charge in [0, 0.05) is 17.2 Å². The van der Waals surface area contributed by atoms with Crippen LogP contribution < -0.4 is 0 Å². The molecule has 0 radical (unpaired) electrons. The zero-order valence-electron chi connectivity index (χ0n) is 13.6. The molecule has 0 unspecified atom stereocenters. The Hall–Kier alpha value is -1.51. The van der Waals surface area contributed by atoms with E-state index in [1.807, 2.05) is 11.8 Å². The topological polar surface area (TPSA) is 3.24 Å². The highest BCUT2D eigenvalue weighted by molar-refractivity contribution is 7.98. The van der Waals surface area contributed by atoms with Crippen LogP contribution in [0.1, 0.15) is 28.7 Å². The third-order valence-corrected chi connectivity index (χ3v) is 5.16. The zero-order chi connectivity index (χ0) is 15.5. The Morgan fingerprint density at radius 1 is 1.09 bits per heavy atom. The van der Waals surface area contributed by atoms with Crippen LogP contribution in [0.5, 0.6) is 0 Å². The minimum Gasteiger partial charge on any atom is -0.309 e. The molecular formula is C20H23NS. The maximum atomic E-state index is 2.42. The molecule has 0 spiro atoms. The lowest BCUT2D eigenvalue weighted by atomic mass is 9.93. The van der Waals surface area contributed by atoms with Crippen molar-refractivity contribution in [2.24, 2.45) is 0 Å². The summed E-state index contributed by atoms with van der Waals surface area (Å²) in [6.07, 6.45) is 3.50. The first-order valence-corrected chi connectivity index (χ1v) is 8.80. The molecule has 1 aliphatic rings. The predicted molar refractivity (Wildman–Crippen MR) is 97.4 cm³/mol. The first-order valence-electron chi connectivity index (χ1n) is 7.82. The van der Waals surface area contributed by atoms with Gasteiger partial charge in [-0.15, -0.1) is 11.8 Å². The second-order valence-electron chi connectivity index (χ2n) is 6.16. The standard InChI is InChI=1S/C20H23NS/c1-15-10-11-20-19(13-15)18(9-6-12-21(2)3)17-8-5-4-7-16(17)14-22-20/h4-5,7-11,13H,6,12,14H2,1-3H3. The van der Waals surface area contributed by atoms with Gasteiger partial charge in [-0.05, 0) is 55.8 Å². The van der Waals surface area contributed by atoms with Crippen molar-refractivity contribution in [3.05, 3.63) is 70.8 Å². The quantitative estimate of drug-likeness (QED) is 0.786. The van der Waals surface area contributed by atoms with Crippen LogP contribution in [0.15, 0.2) is 53.4 Å². The van der Waals surface area contributed by atoms with Crippen molar-refractivity contribution >= 4 is 17.3 Å². The van der Waals surface area contributed by atoms with Crippen molar-refractivity contribution in [2.45, 2.75) is 24.0 Å². The average molecular weight is 309 g/mol. The summed E-state index contributed by atoms with van der Waals surface area (Å²) >= 11 is 1.95. The molecular weight excluding hydrogens is 286 g/mol. The maximum absolute atomic E-state index is 2.42. The lowest BCUT2D eigenvalue weighted by Gasteiger charge is -2.13. The number of benzene rings is 2. The van der Waals surface area contributed by atoms with E-state index in [-0.39, 0.29) is 0 Å². The summed E-state index contributed by atoms with van der Waals surface area (Å²) in [4.78, 5) is 3.64. The van der Waals surface area contributed by atoms with Crippen LogP contribution in [0, 0.1) is 6.92 Å². The maximum Gasteiger partial charge on any atom is 0.0238 e. The largest absolute Gasteiger partial charge is 0.309 e. The lowest BCUT2D eigenvalue weighted by molar-refractivity contribution is 0.417. The third-order valence-electron chi connectivity index (χ3n) is 4.04. The second-order valence-corrected chi connectivity index (χ2v) is 7.17. The van der Waals surface area contributed by atoms with Crippen LogP contribution in [-0.4, -0.2) is 25.5 Å². The second kappa shape index (κ2) is 6.72. The van der Waals surface area contributed by atoms with Gasteiger partial charge in [-0.25, -0.2) is 0 Å². The molecule has 1 heterocycles. The van der Waals surface area contributed by atoms with Crippen LogP contribution in [0.4, 0.5) is 0 Å². The van der Waals surface area contributed by atoms with Crippen molar-refractivity contribution < 1.29 is 0 Å². The van der Waals surface area contributed by atoms with Gasteiger partial charge in [-0.3, -0.25) is 0 Å². The molecule has 1 nitrogen and oxygen atoms in total. The zero-order valence-corrected chi connectivity index (χ0v) is 14.4. The van der Waals surface area contributed by atoms with Crippen LogP contribution in [-0.2, 0) is 5.75 Å².